The SMILES string of the molecule is CCn1c(=O)cc(SCC(=O)N2CCc3ccccc3C2)c2ccccc21. The van der Waals surface area contributed by atoms with E-state index in [1.807, 2.05) is 42.2 Å². The van der Waals surface area contributed by atoms with E-state index in [0.717, 1.165) is 28.8 Å². The minimum Gasteiger partial charge on any atom is -0.337 e. The van der Waals surface area contributed by atoms with Crippen LogP contribution in [0.4, 0.5) is 0 Å². The predicted octanol–water partition coefficient (Wildman–Crippen LogP) is 3.70. The number of aryl methyl sites for hydroxylation is 1. The van der Waals surface area contributed by atoms with Crippen LogP contribution < -0.4 is 5.56 Å². The van der Waals surface area contributed by atoms with Gasteiger partial charge in [0.25, 0.3) is 5.56 Å². The fraction of sp³-hybridized carbons (Fsp3) is 0.273. The van der Waals surface area contributed by atoms with Gasteiger partial charge in [0.05, 0.1) is 11.3 Å². The third-order valence-electron chi connectivity index (χ3n) is 5.13. The first-order chi connectivity index (χ1) is 13.2. The summed E-state index contributed by atoms with van der Waals surface area (Å²) >= 11 is 1.46. The standard InChI is InChI=1S/C22H22N2O2S/c1-2-24-19-10-6-5-9-18(19)20(13-21(24)25)27-15-22(26)23-12-11-16-7-3-4-8-17(16)14-23/h3-10,13H,2,11-12,14-15H2,1H3. The molecule has 5 heteroatoms. The Labute approximate surface area is 162 Å². The molecule has 2 aromatic carbocycles. The van der Waals surface area contributed by atoms with E-state index in [1.54, 1.807) is 10.6 Å². The Morgan fingerprint density at radius 1 is 1.07 bits per heavy atom. The van der Waals surface area contributed by atoms with Gasteiger partial charge in [-0.2, -0.15) is 0 Å². The van der Waals surface area contributed by atoms with Crippen molar-refractivity contribution in [2.24, 2.45) is 0 Å². The Morgan fingerprint density at radius 3 is 2.63 bits per heavy atom. The van der Waals surface area contributed by atoms with Crippen molar-refractivity contribution in [2.75, 3.05) is 12.3 Å². The molecule has 0 saturated heterocycles. The summed E-state index contributed by atoms with van der Waals surface area (Å²) in [5.74, 6) is 0.472. The van der Waals surface area contributed by atoms with Crippen molar-refractivity contribution in [1.82, 2.24) is 9.47 Å². The Hall–Kier alpha value is -2.53. The van der Waals surface area contributed by atoms with Gasteiger partial charge in [0.2, 0.25) is 5.91 Å². The minimum absolute atomic E-state index is 0.0157. The fourth-order valence-corrected chi connectivity index (χ4v) is 4.66. The molecule has 1 aliphatic rings. The third kappa shape index (κ3) is 3.52. The smallest absolute Gasteiger partial charge is 0.252 e. The minimum atomic E-state index is -0.0157. The molecule has 138 valence electrons. The zero-order valence-electron chi connectivity index (χ0n) is 15.4. The maximum Gasteiger partial charge on any atom is 0.252 e. The summed E-state index contributed by atoms with van der Waals surface area (Å²) < 4.78 is 1.77. The fourth-order valence-electron chi connectivity index (χ4n) is 3.69. The van der Waals surface area contributed by atoms with Gasteiger partial charge in [0.15, 0.2) is 0 Å². The van der Waals surface area contributed by atoms with E-state index in [2.05, 4.69) is 18.2 Å². The highest BCUT2D eigenvalue weighted by atomic mass is 32.2. The van der Waals surface area contributed by atoms with Crippen molar-refractivity contribution in [1.29, 1.82) is 0 Å². The molecular formula is C22H22N2O2S. The van der Waals surface area contributed by atoms with Gasteiger partial charge in [-0.15, -0.1) is 11.8 Å². The number of pyridine rings is 1. The van der Waals surface area contributed by atoms with Crippen molar-refractivity contribution < 1.29 is 4.79 Å². The highest BCUT2D eigenvalue weighted by Gasteiger charge is 2.20. The molecule has 3 aromatic rings. The Morgan fingerprint density at radius 2 is 1.81 bits per heavy atom. The Balaban J connectivity index is 1.53. The number of para-hydroxylation sites is 1. The number of benzene rings is 2. The molecule has 27 heavy (non-hydrogen) atoms. The average molecular weight is 378 g/mol. The molecule has 2 heterocycles. The zero-order chi connectivity index (χ0) is 18.8. The van der Waals surface area contributed by atoms with Crippen molar-refractivity contribution in [3.05, 3.63) is 76.1 Å². The van der Waals surface area contributed by atoms with E-state index in [1.165, 1.54) is 22.9 Å². The molecule has 0 atom stereocenters. The molecule has 0 radical (unpaired) electrons. The summed E-state index contributed by atoms with van der Waals surface area (Å²) in [4.78, 5) is 28.0. The number of carbonyl (C=O) groups is 1. The largest absolute Gasteiger partial charge is 0.337 e. The van der Waals surface area contributed by atoms with Gasteiger partial charge in [-0.25, -0.2) is 0 Å². The van der Waals surface area contributed by atoms with Crippen LogP contribution in [0.5, 0.6) is 0 Å². The lowest BCUT2D eigenvalue weighted by Gasteiger charge is -2.28. The summed E-state index contributed by atoms with van der Waals surface area (Å²) in [5, 5.41) is 1.03. The lowest BCUT2D eigenvalue weighted by molar-refractivity contribution is -0.129. The molecule has 0 spiro atoms. The number of nitrogens with zero attached hydrogens (tertiary/aromatic N) is 2. The molecule has 0 aliphatic carbocycles. The second-order valence-corrected chi connectivity index (χ2v) is 7.75. The van der Waals surface area contributed by atoms with Gasteiger partial charge in [0, 0.05) is 36.0 Å². The highest BCUT2D eigenvalue weighted by molar-refractivity contribution is 8.00. The van der Waals surface area contributed by atoms with Crippen LogP contribution in [0.25, 0.3) is 10.9 Å². The lowest BCUT2D eigenvalue weighted by atomic mass is 10.00. The normalized spacial score (nSPS) is 13.6. The monoisotopic (exact) mass is 378 g/mol. The van der Waals surface area contributed by atoms with Crippen LogP contribution in [0.15, 0.2) is 64.3 Å². The number of carbonyl (C=O) groups excluding carboxylic acids is 1. The molecule has 0 unspecified atom stereocenters. The summed E-state index contributed by atoms with van der Waals surface area (Å²) in [6.45, 7) is 4.04. The van der Waals surface area contributed by atoms with Crippen molar-refractivity contribution in [2.45, 2.75) is 31.3 Å². The average Bonchev–Trinajstić information content (AvgIpc) is 2.71. The van der Waals surface area contributed by atoms with Crippen molar-refractivity contribution >= 4 is 28.6 Å². The van der Waals surface area contributed by atoms with Crippen LogP contribution in [-0.2, 0) is 24.3 Å². The lowest BCUT2D eigenvalue weighted by Crippen LogP contribution is -2.37. The maximum atomic E-state index is 12.7. The number of fused-ring (bicyclic) bond motifs is 2. The summed E-state index contributed by atoms with van der Waals surface area (Å²) in [7, 11) is 0. The Bertz CT molecular complexity index is 1060. The topological polar surface area (TPSA) is 42.3 Å². The number of aromatic nitrogens is 1. The number of hydrogen-bond acceptors (Lipinski definition) is 3. The van der Waals surface area contributed by atoms with E-state index in [0.29, 0.717) is 18.8 Å². The van der Waals surface area contributed by atoms with Gasteiger partial charge in [-0.05, 0) is 30.5 Å². The summed E-state index contributed by atoms with van der Waals surface area (Å²) in [5.41, 5.74) is 3.48. The first-order valence-corrected chi connectivity index (χ1v) is 10.3. The van der Waals surface area contributed by atoms with E-state index < -0.39 is 0 Å². The van der Waals surface area contributed by atoms with Crippen LogP contribution in [0, 0.1) is 0 Å². The van der Waals surface area contributed by atoms with Gasteiger partial charge < -0.3 is 9.47 Å². The van der Waals surface area contributed by atoms with Crippen LogP contribution in [0.1, 0.15) is 18.1 Å². The van der Waals surface area contributed by atoms with Crippen molar-refractivity contribution in [3.63, 3.8) is 0 Å². The zero-order valence-corrected chi connectivity index (χ0v) is 16.2. The molecule has 4 rings (SSSR count). The summed E-state index contributed by atoms with van der Waals surface area (Å²) in [6, 6.07) is 17.9. The van der Waals surface area contributed by atoms with E-state index in [9.17, 15) is 9.59 Å². The first kappa shape index (κ1) is 17.9. The second-order valence-electron chi connectivity index (χ2n) is 6.73. The van der Waals surface area contributed by atoms with Crippen LogP contribution in [0.2, 0.25) is 0 Å². The quantitative estimate of drug-likeness (QED) is 0.650. The number of thioether (sulfide) groups is 1. The molecule has 1 aliphatic heterocycles. The maximum absolute atomic E-state index is 12.7. The molecule has 4 nitrogen and oxygen atoms in total. The first-order valence-electron chi connectivity index (χ1n) is 9.27. The van der Waals surface area contributed by atoms with Gasteiger partial charge in [-0.1, -0.05) is 42.5 Å². The number of amides is 1. The predicted molar refractivity (Wildman–Crippen MR) is 110 cm³/mol. The highest BCUT2D eigenvalue weighted by Crippen LogP contribution is 2.27. The molecule has 0 N–H and O–H groups in total. The number of rotatable bonds is 4. The molecule has 1 aromatic heterocycles. The Kier molecular flexibility index (Phi) is 5.03. The molecule has 0 fully saturated rings. The van der Waals surface area contributed by atoms with Crippen LogP contribution in [0.3, 0.4) is 0 Å². The number of hydrogen-bond donors (Lipinski definition) is 0. The third-order valence-corrected chi connectivity index (χ3v) is 6.17. The molecule has 1 amide bonds. The van der Waals surface area contributed by atoms with Gasteiger partial charge in [-0.3, -0.25) is 9.59 Å². The molecule has 0 saturated carbocycles. The molecular weight excluding hydrogens is 356 g/mol. The van der Waals surface area contributed by atoms with Crippen LogP contribution >= 0.6 is 11.8 Å². The van der Waals surface area contributed by atoms with E-state index in [4.69, 9.17) is 0 Å². The van der Waals surface area contributed by atoms with Gasteiger partial charge >= 0.3 is 0 Å². The van der Waals surface area contributed by atoms with E-state index in [-0.39, 0.29) is 11.5 Å². The molecule has 0 bridgehead atoms. The summed E-state index contributed by atoms with van der Waals surface area (Å²) in [6.07, 6.45) is 0.905. The van der Waals surface area contributed by atoms with Crippen LogP contribution in [-0.4, -0.2) is 27.7 Å². The van der Waals surface area contributed by atoms with Gasteiger partial charge in [0.1, 0.15) is 0 Å². The van der Waals surface area contributed by atoms with E-state index >= 15 is 0 Å². The van der Waals surface area contributed by atoms with Crippen molar-refractivity contribution in [3.8, 4) is 0 Å². The second kappa shape index (κ2) is 7.61.